The molecular formula is C14H24Cl2N2O2. The molecule has 0 bridgehead atoms. The van der Waals surface area contributed by atoms with Crippen LogP contribution in [0.5, 0.6) is 11.5 Å². The minimum Gasteiger partial charge on any atom is -0.493 e. The molecule has 20 heavy (non-hydrogen) atoms. The molecule has 0 radical (unpaired) electrons. The quantitative estimate of drug-likeness (QED) is 0.746. The fourth-order valence-corrected chi connectivity index (χ4v) is 1.97. The van der Waals surface area contributed by atoms with E-state index >= 15 is 0 Å². The molecule has 4 nitrogen and oxygen atoms in total. The van der Waals surface area contributed by atoms with Gasteiger partial charge in [0, 0.05) is 36.3 Å². The van der Waals surface area contributed by atoms with Crippen molar-refractivity contribution >= 4 is 24.0 Å². The third kappa shape index (κ3) is 6.18. The van der Waals surface area contributed by atoms with E-state index in [1.807, 2.05) is 13.0 Å². The van der Waals surface area contributed by atoms with E-state index in [2.05, 4.69) is 24.3 Å². The number of nitrogens with zero attached hydrogens (tertiary/aromatic N) is 1. The van der Waals surface area contributed by atoms with Crippen LogP contribution in [0.4, 0.5) is 0 Å². The standard InChI is InChI=1S/C14H23ClN2O2.ClH/c1-5-19-14-11(10-16-6-7-17(2)3)8-12(15)9-13(14)18-4;/h8-9,16H,5-7,10H2,1-4H3;1H. The average molecular weight is 323 g/mol. The SMILES string of the molecule is CCOc1c(CNCCN(C)C)cc(Cl)cc1OC.Cl. The zero-order valence-corrected chi connectivity index (χ0v) is 14.1. The minimum atomic E-state index is 0. The van der Waals surface area contributed by atoms with Crippen LogP contribution in [-0.2, 0) is 6.54 Å². The molecule has 1 N–H and O–H groups in total. The lowest BCUT2D eigenvalue weighted by Crippen LogP contribution is -2.26. The Kier molecular flexibility index (Phi) is 9.76. The number of benzene rings is 1. The Morgan fingerprint density at radius 3 is 2.55 bits per heavy atom. The van der Waals surface area contributed by atoms with Gasteiger partial charge < -0.3 is 19.7 Å². The maximum atomic E-state index is 6.09. The van der Waals surface area contributed by atoms with Crippen LogP contribution in [-0.4, -0.2) is 45.8 Å². The molecule has 0 fully saturated rings. The second-order valence-corrected chi connectivity index (χ2v) is 4.95. The van der Waals surface area contributed by atoms with E-state index in [1.165, 1.54) is 0 Å². The lowest BCUT2D eigenvalue weighted by molar-refractivity contribution is 0.306. The fraction of sp³-hybridized carbons (Fsp3) is 0.571. The summed E-state index contributed by atoms with van der Waals surface area (Å²) in [6.07, 6.45) is 0. The normalized spacial score (nSPS) is 10.3. The molecule has 6 heteroatoms. The van der Waals surface area contributed by atoms with Crippen LogP contribution in [0, 0.1) is 0 Å². The van der Waals surface area contributed by atoms with Gasteiger partial charge >= 0.3 is 0 Å². The maximum Gasteiger partial charge on any atom is 0.165 e. The van der Waals surface area contributed by atoms with Crippen molar-refractivity contribution in [3.05, 3.63) is 22.7 Å². The Labute approximate surface area is 132 Å². The van der Waals surface area contributed by atoms with Crippen LogP contribution in [0.15, 0.2) is 12.1 Å². The number of hydrogen-bond acceptors (Lipinski definition) is 4. The molecule has 0 unspecified atom stereocenters. The molecule has 1 aromatic carbocycles. The summed E-state index contributed by atoms with van der Waals surface area (Å²) >= 11 is 6.09. The number of hydrogen-bond donors (Lipinski definition) is 1. The molecule has 1 aromatic rings. The molecule has 0 aliphatic heterocycles. The van der Waals surface area contributed by atoms with Crippen molar-refractivity contribution in [2.45, 2.75) is 13.5 Å². The van der Waals surface area contributed by atoms with Crippen molar-refractivity contribution in [1.29, 1.82) is 0 Å². The Balaban J connectivity index is 0.00000361. The number of likely N-dealkylation sites (N-methyl/N-ethyl adjacent to an activating group) is 1. The first-order valence-electron chi connectivity index (χ1n) is 6.43. The molecule has 0 atom stereocenters. The molecule has 0 saturated carbocycles. The fourth-order valence-electron chi connectivity index (χ4n) is 1.74. The van der Waals surface area contributed by atoms with Crippen molar-refractivity contribution < 1.29 is 9.47 Å². The average Bonchev–Trinajstić information content (AvgIpc) is 2.36. The van der Waals surface area contributed by atoms with Crippen LogP contribution in [0.3, 0.4) is 0 Å². The molecule has 0 saturated heterocycles. The van der Waals surface area contributed by atoms with Crippen molar-refractivity contribution in [2.75, 3.05) is 40.9 Å². The number of halogens is 2. The predicted molar refractivity (Wildman–Crippen MR) is 86.7 cm³/mol. The number of methoxy groups -OCH3 is 1. The molecule has 0 amide bonds. The number of rotatable bonds is 8. The lowest BCUT2D eigenvalue weighted by atomic mass is 10.2. The molecular weight excluding hydrogens is 299 g/mol. The van der Waals surface area contributed by atoms with Crippen LogP contribution in [0.2, 0.25) is 5.02 Å². The van der Waals surface area contributed by atoms with Gasteiger partial charge in [-0.25, -0.2) is 0 Å². The van der Waals surface area contributed by atoms with E-state index in [4.69, 9.17) is 21.1 Å². The highest BCUT2D eigenvalue weighted by Crippen LogP contribution is 2.34. The summed E-state index contributed by atoms with van der Waals surface area (Å²) in [4.78, 5) is 2.13. The van der Waals surface area contributed by atoms with E-state index in [0.29, 0.717) is 23.9 Å². The summed E-state index contributed by atoms with van der Waals surface area (Å²) < 4.78 is 11.0. The van der Waals surface area contributed by atoms with Crippen molar-refractivity contribution in [2.24, 2.45) is 0 Å². The monoisotopic (exact) mass is 322 g/mol. The summed E-state index contributed by atoms with van der Waals surface area (Å²) in [6, 6.07) is 3.69. The largest absolute Gasteiger partial charge is 0.493 e. The van der Waals surface area contributed by atoms with E-state index in [9.17, 15) is 0 Å². The zero-order chi connectivity index (χ0) is 14.3. The van der Waals surface area contributed by atoms with Gasteiger partial charge in [0.15, 0.2) is 11.5 Å². The van der Waals surface area contributed by atoms with E-state index < -0.39 is 0 Å². The summed E-state index contributed by atoms with van der Waals surface area (Å²) in [7, 11) is 5.73. The second-order valence-electron chi connectivity index (χ2n) is 4.51. The third-order valence-electron chi connectivity index (χ3n) is 2.66. The van der Waals surface area contributed by atoms with E-state index in [1.54, 1.807) is 13.2 Å². The summed E-state index contributed by atoms with van der Waals surface area (Å²) in [5, 5.41) is 4.03. The molecule has 0 aliphatic carbocycles. The van der Waals surface area contributed by atoms with Crippen molar-refractivity contribution in [1.82, 2.24) is 10.2 Å². The summed E-state index contributed by atoms with van der Waals surface area (Å²) in [5.74, 6) is 1.45. The van der Waals surface area contributed by atoms with Gasteiger partial charge in [-0.2, -0.15) is 0 Å². The summed E-state index contributed by atoms with van der Waals surface area (Å²) in [6.45, 7) is 5.16. The Bertz CT molecular complexity index is 401. The smallest absolute Gasteiger partial charge is 0.165 e. The van der Waals surface area contributed by atoms with E-state index in [-0.39, 0.29) is 12.4 Å². The topological polar surface area (TPSA) is 33.7 Å². The predicted octanol–water partition coefficient (Wildman–Crippen LogP) is 2.82. The summed E-state index contributed by atoms with van der Waals surface area (Å²) in [5.41, 5.74) is 1.02. The molecule has 0 aliphatic rings. The van der Waals surface area contributed by atoms with Gasteiger partial charge in [-0.1, -0.05) is 11.6 Å². The van der Waals surface area contributed by atoms with Crippen molar-refractivity contribution in [3.63, 3.8) is 0 Å². The lowest BCUT2D eigenvalue weighted by Gasteiger charge is -2.16. The van der Waals surface area contributed by atoms with Gasteiger partial charge in [-0.3, -0.25) is 0 Å². The first-order chi connectivity index (χ1) is 9.08. The number of ether oxygens (including phenoxy) is 2. The first kappa shape index (κ1) is 19.3. The van der Waals surface area contributed by atoms with Gasteiger partial charge in [0.05, 0.1) is 13.7 Å². The highest BCUT2D eigenvalue weighted by Gasteiger charge is 2.12. The van der Waals surface area contributed by atoms with Crippen molar-refractivity contribution in [3.8, 4) is 11.5 Å². The highest BCUT2D eigenvalue weighted by molar-refractivity contribution is 6.30. The Hall–Kier alpha value is -0.680. The van der Waals surface area contributed by atoms with Gasteiger partial charge in [0.25, 0.3) is 0 Å². The molecule has 0 aromatic heterocycles. The third-order valence-corrected chi connectivity index (χ3v) is 2.87. The van der Waals surface area contributed by atoms with E-state index in [0.717, 1.165) is 24.4 Å². The highest BCUT2D eigenvalue weighted by atomic mass is 35.5. The van der Waals surface area contributed by atoms with Crippen LogP contribution in [0.25, 0.3) is 0 Å². The first-order valence-corrected chi connectivity index (χ1v) is 6.81. The second kappa shape index (κ2) is 10.1. The van der Waals surface area contributed by atoms with Gasteiger partial charge in [0.2, 0.25) is 0 Å². The minimum absolute atomic E-state index is 0. The van der Waals surface area contributed by atoms with Crippen LogP contribution in [0.1, 0.15) is 12.5 Å². The van der Waals surface area contributed by atoms with Crippen LogP contribution < -0.4 is 14.8 Å². The molecule has 0 heterocycles. The van der Waals surface area contributed by atoms with Gasteiger partial charge in [0.1, 0.15) is 0 Å². The number of nitrogens with one attached hydrogen (secondary N) is 1. The van der Waals surface area contributed by atoms with Gasteiger partial charge in [-0.05, 0) is 27.1 Å². The molecule has 0 spiro atoms. The molecule has 1 rings (SSSR count). The zero-order valence-electron chi connectivity index (χ0n) is 12.5. The van der Waals surface area contributed by atoms with Crippen LogP contribution >= 0.6 is 24.0 Å². The Morgan fingerprint density at radius 2 is 2.00 bits per heavy atom. The Morgan fingerprint density at radius 1 is 1.30 bits per heavy atom. The molecule has 116 valence electrons. The van der Waals surface area contributed by atoms with Gasteiger partial charge in [-0.15, -0.1) is 12.4 Å². The maximum absolute atomic E-state index is 6.09.